The molecule has 110 valence electrons. The number of halogens is 2. The number of ether oxygens (including phenoxy) is 2. The van der Waals surface area contributed by atoms with Gasteiger partial charge in [-0.05, 0) is 30.3 Å². The van der Waals surface area contributed by atoms with Crippen LogP contribution in [0.5, 0.6) is 11.5 Å². The van der Waals surface area contributed by atoms with Gasteiger partial charge in [0.1, 0.15) is 18.1 Å². The van der Waals surface area contributed by atoms with E-state index in [0.29, 0.717) is 11.3 Å². The van der Waals surface area contributed by atoms with Crippen molar-refractivity contribution in [1.29, 1.82) is 0 Å². The van der Waals surface area contributed by atoms with E-state index in [2.05, 4.69) is 4.74 Å². The van der Waals surface area contributed by atoms with Crippen molar-refractivity contribution < 1.29 is 28.2 Å². The van der Waals surface area contributed by atoms with E-state index in [-0.39, 0.29) is 17.9 Å². The van der Waals surface area contributed by atoms with E-state index in [0.717, 1.165) is 0 Å². The van der Waals surface area contributed by atoms with Crippen LogP contribution < -0.4 is 9.47 Å². The molecule has 0 aliphatic heterocycles. The van der Waals surface area contributed by atoms with Gasteiger partial charge in [0.25, 0.3) is 0 Å². The first kappa shape index (κ1) is 14.8. The van der Waals surface area contributed by atoms with Crippen LogP contribution in [0.2, 0.25) is 0 Å². The molecule has 2 rings (SSSR count). The zero-order chi connectivity index (χ0) is 15.2. The summed E-state index contributed by atoms with van der Waals surface area (Å²) in [5.41, 5.74) is 0.615. The summed E-state index contributed by atoms with van der Waals surface area (Å²) in [6.07, 6.45) is 0. The quantitative estimate of drug-likeness (QED) is 0.885. The average Bonchev–Trinajstić information content (AvgIpc) is 2.46. The lowest BCUT2D eigenvalue weighted by atomic mass is 10.2. The van der Waals surface area contributed by atoms with Gasteiger partial charge in [-0.25, -0.2) is 4.79 Å². The third kappa shape index (κ3) is 4.17. The normalized spacial score (nSPS) is 10.4. The van der Waals surface area contributed by atoms with Gasteiger partial charge in [0.05, 0.1) is 5.56 Å². The van der Waals surface area contributed by atoms with Gasteiger partial charge in [0, 0.05) is 5.56 Å². The van der Waals surface area contributed by atoms with Crippen LogP contribution in [-0.4, -0.2) is 17.7 Å². The third-order valence-electron chi connectivity index (χ3n) is 2.68. The van der Waals surface area contributed by atoms with Crippen LogP contribution in [0, 0.1) is 0 Å². The van der Waals surface area contributed by atoms with Crippen molar-refractivity contribution in [2.75, 3.05) is 0 Å². The summed E-state index contributed by atoms with van der Waals surface area (Å²) in [6.45, 7) is -2.86. The van der Waals surface area contributed by atoms with Crippen LogP contribution in [0.25, 0.3) is 0 Å². The van der Waals surface area contributed by atoms with E-state index in [9.17, 15) is 13.6 Å². The molecule has 0 aromatic heterocycles. The van der Waals surface area contributed by atoms with Crippen molar-refractivity contribution in [2.24, 2.45) is 0 Å². The Morgan fingerprint density at radius 3 is 2.38 bits per heavy atom. The monoisotopic (exact) mass is 294 g/mol. The molecule has 0 fully saturated rings. The van der Waals surface area contributed by atoms with E-state index >= 15 is 0 Å². The molecule has 0 amide bonds. The van der Waals surface area contributed by atoms with Gasteiger partial charge in [-0.1, -0.05) is 18.2 Å². The lowest BCUT2D eigenvalue weighted by Gasteiger charge is -2.11. The van der Waals surface area contributed by atoms with E-state index < -0.39 is 12.6 Å². The van der Waals surface area contributed by atoms with E-state index in [4.69, 9.17) is 9.84 Å². The van der Waals surface area contributed by atoms with E-state index in [1.54, 1.807) is 18.2 Å². The molecule has 2 aromatic carbocycles. The Labute approximate surface area is 119 Å². The molecular formula is C15H12F2O4. The summed E-state index contributed by atoms with van der Waals surface area (Å²) in [4.78, 5) is 10.7. The Kier molecular flexibility index (Phi) is 4.71. The van der Waals surface area contributed by atoms with Gasteiger partial charge < -0.3 is 14.6 Å². The van der Waals surface area contributed by atoms with Crippen LogP contribution in [0.3, 0.4) is 0 Å². The molecule has 0 unspecified atom stereocenters. The lowest BCUT2D eigenvalue weighted by molar-refractivity contribution is -0.0508. The van der Waals surface area contributed by atoms with Gasteiger partial charge in [-0.2, -0.15) is 8.78 Å². The summed E-state index contributed by atoms with van der Waals surface area (Å²) in [5.74, 6) is -0.543. The second-order valence-electron chi connectivity index (χ2n) is 4.10. The Balaban J connectivity index is 2.04. The molecule has 0 aliphatic carbocycles. The fourth-order valence-corrected chi connectivity index (χ4v) is 1.69. The van der Waals surface area contributed by atoms with Crippen LogP contribution in [0.1, 0.15) is 15.9 Å². The minimum absolute atomic E-state index is 0.0370. The van der Waals surface area contributed by atoms with Crippen molar-refractivity contribution in [1.82, 2.24) is 0 Å². The Morgan fingerprint density at radius 2 is 1.76 bits per heavy atom. The molecule has 0 bridgehead atoms. The second kappa shape index (κ2) is 6.69. The first-order valence-corrected chi connectivity index (χ1v) is 6.05. The average molecular weight is 294 g/mol. The minimum Gasteiger partial charge on any atom is -0.489 e. The molecule has 2 aromatic rings. The van der Waals surface area contributed by atoms with Crippen molar-refractivity contribution >= 4 is 5.97 Å². The maximum absolute atomic E-state index is 12.3. The van der Waals surface area contributed by atoms with Crippen molar-refractivity contribution in [3.05, 3.63) is 59.7 Å². The Morgan fingerprint density at radius 1 is 1.10 bits per heavy atom. The third-order valence-corrected chi connectivity index (χ3v) is 2.68. The molecule has 4 nitrogen and oxygen atoms in total. The highest BCUT2D eigenvalue weighted by atomic mass is 19.3. The van der Waals surface area contributed by atoms with Gasteiger partial charge >= 0.3 is 12.6 Å². The molecule has 1 N–H and O–H groups in total. The first-order chi connectivity index (χ1) is 10.1. The highest BCUT2D eigenvalue weighted by Crippen LogP contribution is 2.22. The number of carboxylic acids is 1. The topological polar surface area (TPSA) is 55.8 Å². The van der Waals surface area contributed by atoms with Crippen molar-refractivity contribution in [3.8, 4) is 11.5 Å². The maximum atomic E-state index is 12.3. The Hall–Kier alpha value is -2.63. The number of hydrogen-bond acceptors (Lipinski definition) is 3. The molecule has 0 spiro atoms. The van der Waals surface area contributed by atoms with Crippen molar-refractivity contribution in [3.63, 3.8) is 0 Å². The van der Waals surface area contributed by atoms with Gasteiger partial charge in [-0.3, -0.25) is 0 Å². The maximum Gasteiger partial charge on any atom is 0.387 e. The lowest BCUT2D eigenvalue weighted by Crippen LogP contribution is -2.06. The van der Waals surface area contributed by atoms with E-state index in [1.807, 2.05) is 0 Å². The number of alkyl halides is 2. The molecule has 21 heavy (non-hydrogen) atoms. The smallest absolute Gasteiger partial charge is 0.387 e. The van der Waals surface area contributed by atoms with Crippen LogP contribution >= 0.6 is 0 Å². The molecule has 6 heteroatoms. The fraction of sp³-hybridized carbons (Fsp3) is 0.133. The molecule has 0 saturated carbocycles. The molecule has 0 aliphatic rings. The minimum atomic E-state index is -2.90. The summed E-state index contributed by atoms with van der Waals surface area (Å²) in [6, 6.07) is 12.1. The first-order valence-electron chi connectivity index (χ1n) is 6.05. The van der Waals surface area contributed by atoms with E-state index in [1.165, 1.54) is 30.3 Å². The van der Waals surface area contributed by atoms with Crippen LogP contribution in [-0.2, 0) is 6.61 Å². The zero-order valence-electron chi connectivity index (χ0n) is 10.8. The standard InChI is InChI=1S/C15H12F2O4/c16-15(17)21-13-4-2-1-3-11(13)9-20-12-7-5-10(6-8-12)14(18)19/h1-8,15H,9H2,(H,18,19). The number of carboxylic acid groups (broad SMARTS) is 1. The number of benzene rings is 2. The Bertz CT molecular complexity index is 611. The number of para-hydroxylation sites is 1. The van der Waals surface area contributed by atoms with Gasteiger partial charge in [-0.15, -0.1) is 0 Å². The number of carbonyl (C=O) groups is 1. The summed E-state index contributed by atoms with van der Waals surface area (Å²) >= 11 is 0. The predicted molar refractivity (Wildman–Crippen MR) is 70.8 cm³/mol. The van der Waals surface area contributed by atoms with Gasteiger partial charge in [0.15, 0.2) is 0 Å². The summed E-state index contributed by atoms with van der Waals surface area (Å²) in [5, 5.41) is 8.78. The van der Waals surface area contributed by atoms with Crippen LogP contribution in [0.15, 0.2) is 48.5 Å². The fourth-order valence-electron chi connectivity index (χ4n) is 1.69. The largest absolute Gasteiger partial charge is 0.489 e. The molecule has 0 heterocycles. The molecule has 0 saturated heterocycles. The molecular weight excluding hydrogens is 282 g/mol. The number of hydrogen-bond donors (Lipinski definition) is 1. The number of rotatable bonds is 6. The molecule has 0 atom stereocenters. The highest BCUT2D eigenvalue weighted by molar-refractivity contribution is 5.87. The summed E-state index contributed by atoms with van der Waals surface area (Å²) in [7, 11) is 0. The number of aromatic carboxylic acids is 1. The second-order valence-corrected chi connectivity index (χ2v) is 4.10. The molecule has 0 radical (unpaired) electrons. The van der Waals surface area contributed by atoms with Crippen LogP contribution in [0.4, 0.5) is 8.78 Å². The van der Waals surface area contributed by atoms with Gasteiger partial charge in [0.2, 0.25) is 0 Å². The SMILES string of the molecule is O=C(O)c1ccc(OCc2ccccc2OC(F)F)cc1. The van der Waals surface area contributed by atoms with Crippen molar-refractivity contribution in [2.45, 2.75) is 13.2 Å². The summed E-state index contributed by atoms with van der Waals surface area (Å²) < 4.78 is 34.4. The highest BCUT2D eigenvalue weighted by Gasteiger charge is 2.09. The zero-order valence-corrected chi connectivity index (χ0v) is 10.8. The predicted octanol–water partition coefficient (Wildman–Crippen LogP) is 3.57.